The second-order valence-corrected chi connectivity index (χ2v) is 14.0. The quantitative estimate of drug-likeness (QED) is 0.0548. The standard InChI is InChI=1S/C24H48O2.C18H38O/c1-4-7-9-10-11-12-13-14-15-16-17-18-19-20-22-26-24(25)23(6-3)21-8-5-2;1-2-3-4-5-6-7-8-9-10-11-12-13-14-15-16-17-18-19/h23H,4-22H2,1-3H3;19H,2-18H2,1H3. The summed E-state index contributed by atoms with van der Waals surface area (Å²) < 4.78 is 5.46. The molecule has 0 amide bonds. The summed E-state index contributed by atoms with van der Waals surface area (Å²) in [5.74, 6) is 0.164. The van der Waals surface area contributed by atoms with Gasteiger partial charge in [-0.2, -0.15) is 0 Å². The maximum absolute atomic E-state index is 12.0. The van der Waals surface area contributed by atoms with Gasteiger partial charge in [0.25, 0.3) is 0 Å². The lowest BCUT2D eigenvalue weighted by atomic mass is 10.00. The first-order valence-corrected chi connectivity index (χ1v) is 20.9. The number of rotatable bonds is 36. The zero-order valence-electron chi connectivity index (χ0n) is 31.8. The van der Waals surface area contributed by atoms with Crippen molar-refractivity contribution >= 4 is 5.97 Å². The Morgan fingerprint density at radius 1 is 0.422 bits per heavy atom. The molecule has 0 aromatic heterocycles. The second kappa shape index (κ2) is 43.4. The first-order chi connectivity index (χ1) is 22.2. The summed E-state index contributed by atoms with van der Waals surface area (Å²) in [6.45, 7) is 9.83. The maximum Gasteiger partial charge on any atom is 0.308 e. The van der Waals surface area contributed by atoms with Crippen molar-refractivity contribution in [1.82, 2.24) is 0 Å². The Morgan fingerprint density at radius 2 is 0.711 bits per heavy atom. The van der Waals surface area contributed by atoms with Gasteiger partial charge in [0.05, 0.1) is 12.5 Å². The third-order valence-corrected chi connectivity index (χ3v) is 9.49. The summed E-state index contributed by atoms with van der Waals surface area (Å²) in [4.78, 5) is 12.0. The fourth-order valence-electron chi connectivity index (χ4n) is 6.19. The molecule has 0 rings (SSSR count). The monoisotopic (exact) mass is 639 g/mol. The number of ether oxygens (including phenoxy) is 1. The molecule has 272 valence electrons. The summed E-state index contributed by atoms with van der Waals surface area (Å²) in [6, 6.07) is 0. The van der Waals surface area contributed by atoms with Crippen molar-refractivity contribution in [2.45, 2.75) is 246 Å². The number of unbranched alkanes of at least 4 members (excludes halogenated alkanes) is 29. The van der Waals surface area contributed by atoms with E-state index in [1.54, 1.807) is 0 Å². The summed E-state index contributed by atoms with van der Waals surface area (Å²) >= 11 is 0. The van der Waals surface area contributed by atoms with Crippen molar-refractivity contribution in [2.24, 2.45) is 5.92 Å². The molecule has 0 aliphatic carbocycles. The van der Waals surface area contributed by atoms with Crippen molar-refractivity contribution in [3.63, 3.8) is 0 Å². The fraction of sp³-hybridized carbons (Fsp3) is 0.976. The van der Waals surface area contributed by atoms with E-state index in [1.807, 2.05) is 0 Å². The average molecular weight is 639 g/mol. The van der Waals surface area contributed by atoms with Crippen LogP contribution in [0.3, 0.4) is 0 Å². The van der Waals surface area contributed by atoms with Crippen molar-refractivity contribution < 1.29 is 14.6 Å². The largest absolute Gasteiger partial charge is 0.465 e. The third kappa shape index (κ3) is 41.4. The van der Waals surface area contributed by atoms with Crippen LogP contribution in [-0.2, 0) is 9.53 Å². The van der Waals surface area contributed by atoms with E-state index < -0.39 is 0 Å². The lowest BCUT2D eigenvalue weighted by Crippen LogP contribution is -2.17. The number of hydrogen-bond donors (Lipinski definition) is 1. The summed E-state index contributed by atoms with van der Waals surface area (Å²) in [6.07, 6.45) is 45.4. The molecule has 0 aromatic carbocycles. The molecule has 0 aliphatic rings. The Bertz CT molecular complexity index is 504. The predicted octanol–water partition coefficient (Wildman–Crippen LogP) is 14.5. The molecule has 0 spiro atoms. The molecule has 1 N–H and O–H groups in total. The van der Waals surface area contributed by atoms with Crippen molar-refractivity contribution in [1.29, 1.82) is 0 Å². The van der Waals surface area contributed by atoms with Gasteiger partial charge in [-0.15, -0.1) is 0 Å². The highest BCUT2D eigenvalue weighted by atomic mass is 16.5. The minimum atomic E-state index is 0.0376. The molecular weight excluding hydrogens is 552 g/mol. The Balaban J connectivity index is 0. The minimum absolute atomic E-state index is 0.0376. The topological polar surface area (TPSA) is 46.5 Å². The first kappa shape index (κ1) is 46.5. The van der Waals surface area contributed by atoms with Crippen LogP contribution in [0.5, 0.6) is 0 Å². The smallest absolute Gasteiger partial charge is 0.308 e. The number of carbonyl (C=O) groups is 1. The molecule has 0 heterocycles. The predicted molar refractivity (Wildman–Crippen MR) is 201 cm³/mol. The van der Waals surface area contributed by atoms with E-state index in [0.29, 0.717) is 13.2 Å². The first-order valence-electron chi connectivity index (χ1n) is 20.9. The van der Waals surface area contributed by atoms with Crippen LogP contribution in [0.2, 0.25) is 0 Å². The van der Waals surface area contributed by atoms with Gasteiger partial charge in [0.1, 0.15) is 0 Å². The number of aliphatic hydroxyl groups excluding tert-OH is 1. The average Bonchev–Trinajstić information content (AvgIpc) is 3.05. The van der Waals surface area contributed by atoms with Gasteiger partial charge in [-0.05, 0) is 25.7 Å². The van der Waals surface area contributed by atoms with Crippen LogP contribution >= 0.6 is 0 Å². The van der Waals surface area contributed by atoms with E-state index in [9.17, 15) is 4.79 Å². The van der Waals surface area contributed by atoms with Gasteiger partial charge in [0.2, 0.25) is 0 Å². The summed E-state index contributed by atoms with van der Waals surface area (Å²) in [5.41, 5.74) is 0. The molecule has 0 saturated carbocycles. The van der Waals surface area contributed by atoms with Crippen LogP contribution in [0, 0.1) is 5.92 Å². The molecule has 45 heavy (non-hydrogen) atoms. The van der Waals surface area contributed by atoms with Crippen molar-refractivity contribution in [3.8, 4) is 0 Å². The van der Waals surface area contributed by atoms with Crippen LogP contribution in [0.4, 0.5) is 0 Å². The Labute approximate surface area is 285 Å². The normalized spacial score (nSPS) is 11.8. The van der Waals surface area contributed by atoms with Gasteiger partial charge in [-0.1, -0.05) is 220 Å². The van der Waals surface area contributed by atoms with E-state index in [1.165, 1.54) is 180 Å². The Kier molecular flexibility index (Phi) is 44.9. The van der Waals surface area contributed by atoms with Gasteiger partial charge >= 0.3 is 5.97 Å². The Morgan fingerprint density at radius 3 is 1.00 bits per heavy atom. The number of hydrogen-bond acceptors (Lipinski definition) is 3. The molecule has 0 fully saturated rings. The molecule has 1 atom stereocenters. The van der Waals surface area contributed by atoms with Crippen LogP contribution in [0.15, 0.2) is 0 Å². The molecule has 3 heteroatoms. The van der Waals surface area contributed by atoms with Gasteiger partial charge in [-0.25, -0.2) is 0 Å². The lowest BCUT2D eigenvalue weighted by molar-refractivity contribution is -0.149. The highest BCUT2D eigenvalue weighted by molar-refractivity contribution is 5.72. The molecular formula is C42H86O3. The molecule has 0 saturated heterocycles. The van der Waals surface area contributed by atoms with E-state index in [4.69, 9.17) is 9.84 Å². The molecule has 0 aromatic rings. The van der Waals surface area contributed by atoms with Gasteiger partial charge in [-0.3, -0.25) is 4.79 Å². The summed E-state index contributed by atoms with van der Waals surface area (Å²) in [7, 11) is 0. The van der Waals surface area contributed by atoms with Crippen LogP contribution in [-0.4, -0.2) is 24.3 Å². The number of carbonyl (C=O) groups excluding carboxylic acids is 1. The third-order valence-electron chi connectivity index (χ3n) is 9.49. The molecule has 0 radical (unpaired) electrons. The van der Waals surface area contributed by atoms with Crippen molar-refractivity contribution in [3.05, 3.63) is 0 Å². The minimum Gasteiger partial charge on any atom is -0.465 e. The summed E-state index contributed by atoms with van der Waals surface area (Å²) in [5, 5.41) is 8.67. The second-order valence-electron chi connectivity index (χ2n) is 14.0. The van der Waals surface area contributed by atoms with Crippen molar-refractivity contribution in [2.75, 3.05) is 13.2 Å². The van der Waals surface area contributed by atoms with Gasteiger partial charge in [0, 0.05) is 6.61 Å². The van der Waals surface area contributed by atoms with Gasteiger partial charge < -0.3 is 9.84 Å². The lowest BCUT2D eigenvalue weighted by Gasteiger charge is -2.13. The van der Waals surface area contributed by atoms with Crippen LogP contribution in [0.1, 0.15) is 246 Å². The number of aliphatic hydroxyl groups is 1. The maximum atomic E-state index is 12.0. The van der Waals surface area contributed by atoms with Crippen LogP contribution in [0.25, 0.3) is 0 Å². The molecule has 3 nitrogen and oxygen atoms in total. The number of esters is 1. The molecule has 0 bridgehead atoms. The zero-order valence-corrected chi connectivity index (χ0v) is 31.8. The SMILES string of the molecule is CCCCCCCCCCCCCCCCCCO.CCCCCCCCCCCCCCCCOC(=O)C(CC)CCCC. The fourth-order valence-corrected chi connectivity index (χ4v) is 6.19. The van der Waals surface area contributed by atoms with E-state index in [-0.39, 0.29) is 11.9 Å². The highest BCUT2D eigenvalue weighted by Crippen LogP contribution is 2.16. The highest BCUT2D eigenvalue weighted by Gasteiger charge is 2.16. The van der Waals surface area contributed by atoms with Crippen LogP contribution < -0.4 is 0 Å². The Hall–Kier alpha value is -0.570. The van der Waals surface area contributed by atoms with E-state index in [2.05, 4.69) is 27.7 Å². The molecule has 0 aliphatic heterocycles. The van der Waals surface area contributed by atoms with E-state index >= 15 is 0 Å². The van der Waals surface area contributed by atoms with Gasteiger partial charge in [0.15, 0.2) is 0 Å². The van der Waals surface area contributed by atoms with E-state index in [0.717, 1.165) is 38.5 Å². The molecule has 1 unspecified atom stereocenters. The zero-order chi connectivity index (χ0) is 33.3.